The van der Waals surface area contributed by atoms with Crippen molar-refractivity contribution in [3.05, 3.63) is 21.9 Å². The smallest absolute Gasteiger partial charge is 0.252 e. The average molecular weight is 267 g/mol. The number of ether oxygens (including phenoxy) is 1. The van der Waals surface area contributed by atoms with Gasteiger partial charge in [0.2, 0.25) is 0 Å². The highest BCUT2D eigenvalue weighted by Gasteiger charge is 2.14. The van der Waals surface area contributed by atoms with Gasteiger partial charge >= 0.3 is 0 Å². The Kier molecular flexibility index (Phi) is 5.20. The minimum Gasteiger partial charge on any atom is -0.381 e. The largest absolute Gasteiger partial charge is 0.381 e. The fourth-order valence-corrected chi connectivity index (χ4v) is 3.03. The average Bonchev–Trinajstić information content (AvgIpc) is 2.89. The van der Waals surface area contributed by atoms with Crippen molar-refractivity contribution in [3.8, 4) is 0 Å². The van der Waals surface area contributed by atoms with E-state index in [1.807, 2.05) is 11.4 Å². The van der Waals surface area contributed by atoms with Crippen LogP contribution in [0.5, 0.6) is 0 Å². The van der Waals surface area contributed by atoms with E-state index in [-0.39, 0.29) is 5.91 Å². The van der Waals surface area contributed by atoms with Crippen LogP contribution in [0.2, 0.25) is 0 Å². The van der Waals surface area contributed by atoms with Gasteiger partial charge in [0.15, 0.2) is 0 Å². The fourth-order valence-electron chi connectivity index (χ4n) is 2.21. The minimum atomic E-state index is 0.0580. The van der Waals surface area contributed by atoms with Crippen molar-refractivity contribution in [1.29, 1.82) is 0 Å². The Morgan fingerprint density at radius 1 is 1.61 bits per heavy atom. The molecule has 1 aliphatic heterocycles. The summed E-state index contributed by atoms with van der Waals surface area (Å²) in [7, 11) is 0. The van der Waals surface area contributed by atoms with Gasteiger partial charge in [-0.2, -0.15) is 0 Å². The first-order valence-corrected chi connectivity index (χ1v) is 7.61. The zero-order chi connectivity index (χ0) is 12.8. The summed E-state index contributed by atoms with van der Waals surface area (Å²) in [6.45, 7) is 4.62. The molecule has 1 atom stereocenters. The van der Waals surface area contributed by atoms with Gasteiger partial charge in [0, 0.05) is 30.0 Å². The predicted octanol–water partition coefficient (Wildman–Crippen LogP) is 2.86. The van der Waals surface area contributed by atoms with Gasteiger partial charge < -0.3 is 10.1 Å². The molecule has 1 aliphatic rings. The Hall–Kier alpha value is -0.870. The van der Waals surface area contributed by atoms with E-state index in [4.69, 9.17) is 4.74 Å². The molecule has 1 amide bonds. The van der Waals surface area contributed by atoms with Crippen LogP contribution in [0, 0.1) is 5.92 Å². The number of carbonyl (C=O) groups is 1. The van der Waals surface area contributed by atoms with Crippen molar-refractivity contribution in [2.75, 3.05) is 19.8 Å². The maximum Gasteiger partial charge on any atom is 0.252 e. The lowest BCUT2D eigenvalue weighted by atomic mass is 9.99. The first-order chi connectivity index (χ1) is 8.79. The van der Waals surface area contributed by atoms with Gasteiger partial charge in [-0.1, -0.05) is 6.92 Å². The molecule has 0 radical (unpaired) electrons. The molecule has 1 saturated heterocycles. The zero-order valence-corrected chi connectivity index (χ0v) is 11.7. The summed E-state index contributed by atoms with van der Waals surface area (Å²) in [6, 6.07) is 1.99. The molecule has 0 saturated carbocycles. The molecule has 100 valence electrons. The minimum absolute atomic E-state index is 0.0580. The lowest BCUT2D eigenvalue weighted by Crippen LogP contribution is -2.27. The molecule has 0 aliphatic carbocycles. The van der Waals surface area contributed by atoms with Crippen LogP contribution in [0.4, 0.5) is 0 Å². The number of aryl methyl sites for hydroxylation is 1. The van der Waals surface area contributed by atoms with E-state index in [1.54, 1.807) is 11.3 Å². The lowest BCUT2D eigenvalue weighted by Gasteiger charge is -2.21. The summed E-state index contributed by atoms with van der Waals surface area (Å²) in [5.41, 5.74) is 0.803. The molecule has 0 bridgehead atoms. The van der Waals surface area contributed by atoms with E-state index in [0.717, 1.165) is 44.6 Å². The van der Waals surface area contributed by atoms with Gasteiger partial charge in [-0.05, 0) is 37.7 Å². The first-order valence-electron chi connectivity index (χ1n) is 6.73. The van der Waals surface area contributed by atoms with Crippen LogP contribution in [0.25, 0.3) is 0 Å². The van der Waals surface area contributed by atoms with Gasteiger partial charge in [0.25, 0.3) is 5.91 Å². The second kappa shape index (κ2) is 6.90. The van der Waals surface area contributed by atoms with Crippen LogP contribution in [0.15, 0.2) is 11.4 Å². The maximum atomic E-state index is 11.9. The van der Waals surface area contributed by atoms with Crippen LogP contribution in [0.1, 0.15) is 41.4 Å². The Morgan fingerprint density at radius 2 is 2.50 bits per heavy atom. The lowest BCUT2D eigenvalue weighted by molar-refractivity contribution is 0.0514. The van der Waals surface area contributed by atoms with E-state index in [9.17, 15) is 4.79 Å². The van der Waals surface area contributed by atoms with Gasteiger partial charge in [-0.15, -0.1) is 11.3 Å². The van der Waals surface area contributed by atoms with Crippen LogP contribution in [0.3, 0.4) is 0 Å². The van der Waals surface area contributed by atoms with E-state index in [1.165, 1.54) is 11.3 Å². The van der Waals surface area contributed by atoms with Gasteiger partial charge in [-0.3, -0.25) is 4.79 Å². The number of nitrogens with one attached hydrogen (secondary N) is 1. The van der Waals surface area contributed by atoms with Crippen LogP contribution < -0.4 is 5.32 Å². The second-order valence-corrected chi connectivity index (χ2v) is 5.78. The molecule has 0 aromatic carbocycles. The molecule has 2 rings (SSSR count). The number of hydrogen-bond acceptors (Lipinski definition) is 3. The number of carbonyl (C=O) groups excluding carboxylic acids is 1. The van der Waals surface area contributed by atoms with E-state index in [2.05, 4.69) is 12.2 Å². The first kappa shape index (κ1) is 13.6. The van der Waals surface area contributed by atoms with Gasteiger partial charge in [0.1, 0.15) is 0 Å². The number of hydrogen-bond donors (Lipinski definition) is 1. The SMILES string of the molecule is CCc1cc(C(=O)NCCC2CCCOC2)cs1. The van der Waals surface area contributed by atoms with Crippen molar-refractivity contribution >= 4 is 17.2 Å². The molecule has 1 unspecified atom stereocenters. The molecule has 1 aromatic rings. The summed E-state index contributed by atoms with van der Waals surface area (Å²) in [4.78, 5) is 13.1. The van der Waals surface area contributed by atoms with E-state index < -0.39 is 0 Å². The van der Waals surface area contributed by atoms with Crippen LogP contribution in [-0.4, -0.2) is 25.7 Å². The molecule has 2 heterocycles. The van der Waals surface area contributed by atoms with Crippen molar-refractivity contribution in [2.45, 2.75) is 32.6 Å². The third kappa shape index (κ3) is 3.82. The standard InChI is InChI=1S/C14H21NO2S/c1-2-13-8-12(10-18-13)14(16)15-6-5-11-4-3-7-17-9-11/h8,10-11H,2-7,9H2,1H3,(H,15,16). The number of amides is 1. The highest BCUT2D eigenvalue weighted by molar-refractivity contribution is 7.10. The summed E-state index contributed by atoms with van der Waals surface area (Å²) in [5, 5.41) is 4.94. The van der Waals surface area contributed by atoms with Crippen molar-refractivity contribution < 1.29 is 9.53 Å². The molecule has 1 aromatic heterocycles. The van der Waals surface area contributed by atoms with Gasteiger partial charge in [0.05, 0.1) is 5.56 Å². The predicted molar refractivity (Wildman–Crippen MR) is 74.2 cm³/mol. The van der Waals surface area contributed by atoms with Crippen LogP contribution >= 0.6 is 11.3 Å². The fraction of sp³-hybridized carbons (Fsp3) is 0.643. The molecule has 3 nitrogen and oxygen atoms in total. The summed E-state index contributed by atoms with van der Waals surface area (Å²) in [5.74, 6) is 0.676. The topological polar surface area (TPSA) is 38.3 Å². The van der Waals surface area contributed by atoms with Gasteiger partial charge in [-0.25, -0.2) is 0 Å². The Bertz CT molecular complexity index is 383. The van der Waals surface area contributed by atoms with Crippen molar-refractivity contribution in [3.63, 3.8) is 0 Å². The quantitative estimate of drug-likeness (QED) is 0.891. The number of thiophene rings is 1. The Labute approximate surface area is 113 Å². The molecule has 1 N–H and O–H groups in total. The molecule has 4 heteroatoms. The second-order valence-electron chi connectivity index (χ2n) is 4.78. The molecule has 0 spiro atoms. The summed E-state index contributed by atoms with van der Waals surface area (Å²) >= 11 is 1.66. The van der Waals surface area contributed by atoms with E-state index >= 15 is 0 Å². The van der Waals surface area contributed by atoms with Crippen molar-refractivity contribution in [1.82, 2.24) is 5.32 Å². The highest BCUT2D eigenvalue weighted by Crippen LogP contribution is 2.17. The van der Waals surface area contributed by atoms with Crippen molar-refractivity contribution in [2.24, 2.45) is 5.92 Å². The van der Waals surface area contributed by atoms with E-state index in [0.29, 0.717) is 5.92 Å². The monoisotopic (exact) mass is 267 g/mol. The molecule has 18 heavy (non-hydrogen) atoms. The zero-order valence-electron chi connectivity index (χ0n) is 10.9. The third-order valence-corrected chi connectivity index (χ3v) is 4.44. The maximum absolute atomic E-state index is 11.9. The highest BCUT2D eigenvalue weighted by atomic mass is 32.1. The third-order valence-electron chi connectivity index (χ3n) is 3.36. The number of rotatable bonds is 5. The Morgan fingerprint density at radius 3 is 3.17 bits per heavy atom. The van der Waals surface area contributed by atoms with Crippen LogP contribution in [-0.2, 0) is 11.2 Å². The summed E-state index contributed by atoms with van der Waals surface area (Å²) in [6.07, 6.45) is 4.41. The Balaban J connectivity index is 1.70. The molecule has 1 fully saturated rings. The molecular formula is C14H21NO2S. The molecular weight excluding hydrogens is 246 g/mol. The summed E-state index contributed by atoms with van der Waals surface area (Å²) < 4.78 is 5.43. The normalized spacial score (nSPS) is 19.7.